The summed E-state index contributed by atoms with van der Waals surface area (Å²) in [6, 6.07) is 1.93. The lowest BCUT2D eigenvalue weighted by atomic mass is 10.3. The van der Waals surface area contributed by atoms with Gasteiger partial charge in [0.1, 0.15) is 4.90 Å². The van der Waals surface area contributed by atoms with Gasteiger partial charge in [0.2, 0.25) is 10.0 Å². The Morgan fingerprint density at radius 1 is 1.25 bits per heavy atom. The summed E-state index contributed by atoms with van der Waals surface area (Å²) in [6.45, 7) is 1.42. The molecule has 108 valence electrons. The van der Waals surface area contributed by atoms with Gasteiger partial charge in [-0.25, -0.2) is 23.2 Å². The van der Waals surface area contributed by atoms with Gasteiger partial charge in [0.15, 0.2) is 5.82 Å². The highest BCUT2D eigenvalue weighted by Gasteiger charge is 2.30. The van der Waals surface area contributed by atoms with Crippen LogP contribution in [0.1, 0.15) is 11.3 Å². The van der Waals surface area contributed by atoms with Gasteiger partial charge in [0.05, 0.1) is 17.5 Å². The van der Waals surface area contributed by atoms with Crippen molar-refractivity contribution in [3.8, 4) is 5.82 Å². The van der Waals surface area contributed by atoms with Crippen molar-refractivity contribution in [2.24, 2.45) is 5.14 Å². The fraction of sp³-hybridized carbons (Fsp3) is 0.200. The topological polar surface area (TPSA) is 90.9 Å². The molecule has 0 aromatic carbocycles. The third-order valence-electron chi connectivity index (χ3n) is 2.56. The first-order chi connectivity index (χ1) is 9.10. The highest BCUT2D eigenvalue weighted by Crippen LogP contribution is 2.28. The summed E-state index contributed by atoms with van der Waals surface area (Å²) in [5.74, 6) is 0.0606. The first-order valence-electron chi connectivity index (χ1n) is 5.22. The SMILES string of the molecule is Cc1c(S(N)(=O)=O)cnn1-c1ccc(C(F)(F)F)cn1. The van der Waals surface area contributed by atoms with Crippen molar-refractivity contribution in [3.63, 3.8) is 0 Å². The Bertz CT molecular complexity index is 735. The molecule has 2 N–H and O–H groups in total. The summed E-state index contributed by atoms with van der Waals surface area (Å²) in [7, 11) is -3.94. The van der Waals surface area contributed by atoms with Crippen LogP contribution in [0.15, 0.2) is 29.4 Å². The van der Waals surface area contributed by atoms with Crippen LogP contribution in [0.3, 0.4) is 0 Å². The molecular weight excluding hydrogens is 297 g/mol. The van der Waals surface area contributed by atoms with Gasteiger partial charge in [-0.1, -0.05) is 0 Å². The fourth-order valence-electron chi connectivity index (χ4n) is 1.58. The molecule has 2 rings (SSSR count). The molecule has 0 aliphatic heterocycles. The lowest BCUT2D eigenvalue weighted by Gasteiger charge is -2.08. The number of rotatable bonds is 2. The summed E-state index contributed by atoms with van der Waals surface area (Å²) < 4.78 is 60.8. The molecule has 6 nitrogen and oxygen atoms in total. The number of alkyl halides is 3. The van der Waals surface area contributed by atoms with Gasteiger partial charge >= 0.3 is 6.18 Å². The molecule has 10 heteroatoms. The number of nitrogens with zero attached hydrogens (tertiary/aromatic N) is 3. The molecule has 0 saturated heterocycles. The van der Waals surface area contributed by atoms with Gasteiger partial charge < -0.3 is 0 Å². The molecule has 0 amide bonds. The monoisotopic (exact) mass is 306 g/mol. The molecule has 0 atom stereocenters. The molecule has 0 aliphatic carbocycles. The average Bonchev–Trinajstić information content (AvgIpc) is 2.70. The Morgan fingerprint density at radius 2 is 1.90 bits per heavy atom. The van der Waals surface area contributed by atoms with Crippen LogP contribution in [-0.4, -0.2) is 23.2 Å². The second-order valence-corrected chi connectivity index (χ2v) is 5.48. The normalized spacial score (nSPS) is 12.7. The third-order valence-corrected chi connectivity index (χ3v) is 3.58. The molecule has 0 unspecified atom stereocenters. The van der Waals surface area contributed by atoms with Crippen LogP contribution in [0.2, 0.25) is 0 Å². The largest absolute Gasteiger partial charge is 0.417 e. The first-order valence-corrected chi connectivity index (χ1v) is 6.76. The summed E-state index contributed by atoms with van der Waals surface area (Å²) in [5.41, 5.74) is -0.738. The molecule has 0 fully saturated rings. The average molecular weight is 306 g/mol. The molecule has 0 saturated carbocycles. The van der Waals surface area contributed by atoms with Crippen molar-refractivity contribution in [3.05, 3.63) is 35.8 Å². The van der Waals surface area contributed by atoms with Crippen molar-refractivity contribution in [1.82, 2.24) is 14.8 Å². The lowest BCUT2D eigenvalue weighted by Crippen LogP contribution is -2.13. The molecule has 0 radical (unpaired) electrons. The number of pyridine rings is 1. The number of hydrogen-bond donors (Lipinski definition) is 1. The summed E-state index contributed by atoms with van der Waals surface area (Å²) in [4.78, 5) is 3.41. The zero-order chi connectivity index (χ0) is 15.1. The quantitative estimate of drug-likeness (QED) is 0.903. The third kappa shape index (κ3) is 2.65. The minimum Gasteiger partial charge on any atom is -0.236 e. The standard InChI is InChI=1S/C10H9F3N4O2S/c1-6-8(20(14,18)19)5-16-17(6)9-3-2-7(4-15-9)10(11,12)13/h2-5H,1H3,(H2,14,18,19). The Morgan fingerprint density at radius 3 is 2.30 bits per heavy atom. The molecule has 0 bridgehead atoms. The van der Waals surface area contributed by atoms with Crippen LogP contribution < -0.4 is 5.14 Å². The van der Waals surface area contributed by atoms with E-state index in [1.807, 2.05) is 0 Å². The van der Waals surface area contributed by atoms with Gasteiger partial charge in [-0.3, -0.25) is 0 Å². The van der Waals surface area contributed by atoms with E-state index in [2.05, 4.69) is 10.1 Å². The van der Waals surface area contributed by atoms with E-state index in [0.29, 0.717) is 6.20 Å². The Kier molecular flexibility index (Phi) is 3.30. The maximum absolute atomic E-state index is 12.4. The van der Waals surface area contributed by atoms with Crippen LogP contribution in [0.5, 0.6) is 0 Å². The van der Waals surface area contributed by atoms with Crippen LogP contribution in [0.4, 0.5) is 13.2 Å². The number of primary sulfonamides is 1. The van der Waals surface area contributed by atoms with Crippen molar-refractivity contribution in [1.29, 1.82) is 0 Å². The Hall–Kier alpha value is -1.94. The van der Waals surface area contributed by atoms with E-state index in [0.717, 1.165) is 23.0 Å². The highest BCUT2D eigenvalue weighted by molar-refractivity contribution is 7.89. The van der Waals surface area contributed by atoms with Gasteiger partial charge in [0, 0.05) is 6.20 Å². The maximum Gasteiger partial charge on any atom is 0.417 e. The summed E-state index contributed by atoms with van der Waals surface area (Å²) in [6.07, 6.45) is -2.83. The van der Waals surface area contributed by atoms with Crippen molar-refractivity contribution in [2.45, 2.75) is 18.0 Å². The number of hydrogen-bond acceptors (Lipinski definition) is 4. The highest BCUT2D eigenvalue weighted by atomic mass is 32.2. The Balaban J connectivity index is 2.46. The zero-order valence-electron chi connectivity index (χ0n) is 10.1. The van der Waals surface area contributed by atoms with Gasteiger partial charge in [-0.2, -0.15) is 18.3 Å². The van der Waals surface area contributed by atoms with Gasteiger partial charge in [0.25, 0.3) is 0 Å². The summed E-state index contributed by atoms with van der Waals surface area (Å²) in [5, 5.41) is 8.74. The molecule has 0 spiro atoms. The van der Waals surface area contributed by atoms with Crippen LogP contribution in [0.25, 0.3) is 5.82 Å². The Labute approximate surface area is 112 Å². The lowest BCUT2D eigenvalue weighted by molar-refractivity contribution is -0.137. The number of aromatic nitrogens is 3. The first kappa shape index (κ1) is 14.5. The molecule has 2 aromatic rings. The minimum atomic E-state index is -4.49. The van der Waals surface area contributed by atoms with E-state index >= 15 is 0 Å². The maximum atomic E-state index is 12.4. The summed E-state index contributed by atoms with van der Waals surface area (Å²) >= 11 is 0. The number of halogens is 3. The van der Waals surface area contributed by atoms with E-state index in [-0.39, 0.29) is 16.4 Å². The fourth-order valence-corrected chi connectivity index (χ4v) is 2.28. The van der Waals surface area contributed by atoms with Crippen LogP contribution >= 0.6 is 0 Å². The van der Waals surface area contributed by atoms with E-state index in [1.165, 1.54) is 6.92 Å². The molecule has 20 heavy (non-hydrogen) atoms. The second kappa shape index (κ2) is 4.56. The minimum absolute atomic E-state index is 0.0606. The molecular formula is C10H9F3N4O2S. The predicted octanol–water partition coefficient (Wildman–Crippen LogP) is 1.24. The van der Waals surface area contributed by atoms with E-state index in [1.54, 1.807) is 0 Å². The molecule has 0 aliphatic rings. The van der Waals surface area contributed by atoms with Crippen LogP contribution in [0, 0.1) is 6.92 Å². The van der Waals surface area contributed by atoms with E-state index < -0.39 is 21.8 Å². The van der Waals surface area contributed by atoms with Crippen LogP contribution in [-0.2, 0) is 16.2 Å². The zero-order valence-corrected chi connectivity index (χ0v) is 10.9. The van der Waals surface area contributed by atoms with Crippen molar-refractivity contribution < 1.29 is 21.6 Å². The second-order valence-electron chi connectivity index (χ2n) is 3.95. The molecule has 2 heterocycles. The van der Waals surface area contributed by atoms with E-state index in [9.17, 15) is 21.6 Å². The number of nitrogens with two attached hydrogens (primary N) is 1. The molecule has 2 aromatic heterocycles. The van der Waals surface area contributed by atoms with Gasteiger partial charge in [-0.15, -0.1) is 0 Å². The van der Waals surface area contributed by atoms with Gasteiger partial charge in [-0.05, 0) is 19.1 Å². The van der Waals surface area contributed by atoms with Crippen molar-refractivity contribution in [2.75, 3.05) is 0 Å². The smallest absolute Gasteiger partial charge is 0.236 e. The van der Waals surface area contributed by atoms with E-state index in [4.69, 9.17) is 5.14 Å². The predicted molar refractivity (Wildman–Crippen MR) is 62.5 cm³/mol. The number of sulfonamides is 1. The van der Waals surface area contributed by atoms with Crippen molar-refractivity contribution >= 4 is 10.0 Å².